The van der Waals surface area contributed by atoms with Crippen LogP contribution in [0, 0.1) is 9.39 Å². The van der Waals surface area contributed by atoms with Gasteiger partial charge in [0.25, 0.3) is 11.8 Å². The molecule has 0 atom stereocenters. The smallest absolute Gasteiger partial charge is 0.373 e. The Hall–Kier alpha value is -4.40. The van der Waals surface area contributed by atoms with Crippen molar-refractivity contribution in [2.75, 3.05) is 25.6 Å². The van der Waals surface area contributed by atoms with Gasteiger partial charge in [-0.1, -0.05) is 0 Å². The van der Waals surface area contributed by atoms with E-state index in [0.717, 1.165) is 4.90 Å². The van der Waals surface area contributed by atoms with Gasteiger partial charge in [0.05, 0.1) is 23.8 Å². The fourth-order valence-corrected chi connectivity index (χ4v) is 4.43. The molecular formula is C27H23FIN3O8. The van der Waals surface area contributed by atoms with Crippen molar-refractivity contribution in [2.45, 2.75) is 13.5 Å². The second-order valence-electron chi connectivity index (χ2n) is 8.24. The van der Waals surface area contributed by atoms with Crippen LogP contribution in [0.5, 0.6) is 11.5 Å². The summed E-state index contributed by atoms with van der Waals surface area (Å²) in [5, 5.41) is 5.14. The molecule has 1 saturated heterocycles. The van der Waals surface area contributed by atoms with Crippen molar-refractivity contribution in [3.05, 3.63) is 80.7 Å². The van der Waals surface area contributed by atoms with E-state index in [1.165, 1.54) is 49.6 Å². The molecule has 2 aromatic carbocycles. The molecule has 0 radical (unpaired) electrons. The van der Waals surface area contributed by atoms with E-state index in [9.17, 15) is 23.6 Å². The highest BCUT2D eigenvalue weighted by molar-refractivity contribution is 14.1. The van der Waals surface area contributed by atoms with Crippen molar-refractivity contribution in [3.8, 4) is 11.5 Å². The molecule has 1 aromatic heterocycles. The molecule has 1 aliphatic rings. The van der Waals surface area contributed by atoms with Gasteiger partial charge in [0, 0.05) is 5.69 Å². The Morgan fingerprint density at radius 2 is 1.88 bits per heavy atom. The van der Waals surface area contributed by atoms with Crippen molar-refractivity contribution in [1.29, 1.82) is 0 Å². The minimum Gasteiger partial charge on any atom is -0.490 e. The Kier molecular flexibility index (Phi) is 9.04. The number of benzene rings is 2. The Labute approximate surface area is 241 Å². The number of rotatable bonds is 10. The van der Waals surface area contributed by atoms with E-state index in [2.05, 4.69) is 15.4 Å². The highest BCUT2D eigenvalue weighted by atomic mass is 127. The highest BCUT2D eigenvalue weighted by Gasteiger charge is 2.34. The maximum Gasteiger partial charge on any atom is 0.373 e. The van der Waals surface area contributed by atoms with E-state index in [4.69, 9.17) is 13.9 Å². The minimum absolute atomic E-state index is 0.0235. The summed E-state index contributed by atoms with van der Waals surface area (Å²) in [6.45, 7) is 1.56. The molecule has 1 fully saturated rings. The fraction of sp³-hybridized carbons (Fsp3) is 0.185. The highest BCUT2D eigenvalue weighted by Crippen LogP contribution is 2.35. The van der Waals surface area contributed by atoms with Gasteiger partial charge < -0.3 is 29.3 Å². The largest absolute Gasteiger partial charge is 0.490 e. The first kappa shape index (κ1) is 28.6. The van der Waals surface area contributed by atoms with Crippen LogP contribution in [-0.2, 0) is 20.9 Å². The fourth-order valence-electron chi connectivity index (χ4n) is 3.65. The second kappa shape index (κ2) is 12.6. The number of nitrogens with zero attached hydrogens (tertiary/aromatic N) is 1. The summed E-state index contributed by atoms with van der Waals surface area (Å²) in [6.07, 6.45) is 1.48. The zero-order valence-corrected chi connectivity index (χ0v) is 23.4. The van der Waals surface area contributed by atoms with Crippen LogP contribution in [0.15, 0.2) is 58.6 Å². The van der Waals surface area contributed by atoms with Crippen LogP contribution in [0.3, 0.4) is 0 Å². The van der Waals surface area contributed by atoms with Crippen LogP contribution in [0.4, 0.5) is 14.9 Å². The molecule has 11 nitrogen and oxygen atoms in total. The molecule has 0 aliphatic carbocycles. The molecule has 2 heterocycles. The third-order valence-electron chi connectivity index (χ3n) is 5.44. The molecule has 4 rings (SSSR count). The van der Waals surface area contributed by atoms with E-state index >= 15 is 0 Å². The van der Waals surface area contributed by atoms with Crippen LogP contribution in [-0.4, -0.2) is 49.0 Å². The maximum atomic E-state index is 13.1. The lowest BCUT2D eigenvalue weighted by molar-refractivity contribution is -0.123. The number of imide groups is 1. The molecular weight excluding hydrogens is 640 g/mol. The second-order valence-corrected chi connectivity index (χ2v) is 9.41. The van der Waals surface area contributed by atoms with E-state index in [0.29, 0.717) is 32.9 Å². The van der Waals surface area contributed by atoms with Gasteiger partial charge in [-0.05, 0) is 89.7 Å². The van der Waals surface area contributed by atoms with Crippen LogP contribution in [0.1, 0.15) is 28.8 Å². The van der Waals surface area contributed by atoms with Gasteiger partial charge in [-0.25, -0.2) is 14.0 Å². The number of nitrogens with one attached hydrogen (secondary N) is 2. The number of carbonyl (C=O) groups excluding carboxylic acids is 4. The average molecular weight is 663 g/mol. The first-order chi connectivity index (χ1) is 19.2. The first-order valence-corrected chi connectivity index (χ1v) is 12.9. The lowest BCUT2D eigenvalue weighted by atomic mass is 10.1. The molecule has 0 spiro atoms. The SMILES string of the molecule is CCOc1cc(/C=C2\NC(=O)N(Cc3ccc(C(=O)OC)o3)C2=O)cc(I)c1OCC(=O)Nc1ccc(F)cc1. The van der Waals surface area contributed by atoms with Gasteiger partial charge in [-0.15, -0.1) is 0 Å². The van der Waals surface area contributed by atoms with Crippen LogP contribution >= 0.6 is 22.6 Å². The monoisotopic (exact) mass is 663 g/mol. The van der Waals surface area contributed by atoms with E-state index in [-0.39, 0.29) is 30.4 Å². The zero-order chi connectivity index (χ0) is 28.8. The average Bonchev–Trinajstić information content (AvgIpc) is 3.49. The summed E-state index contributed by atoms with van der Waals surface area (Å²) < 4.78 is 35.0. The van der Waals surface area contributed by atoms with Crippen molar-refractivity contribution < 1.29 is 42.2 Å². The Bertz CT molecular complexity index is 1490. The van der Waals surface area contributed by atoms with Gasteiger partial charge in [-0.3, -0.25) is 14.5 Å². The van der Waals surface area contributed by atoms with Crippen molar-refractivity contribution in [3.63, 3.8) is 0 Å². The quantitative estimate of drug-likeness (QED) is 0.142. The number of ether oxygens (including phenoxy) is 3. The number of furan rings is 1. The lowest BCUT2D eigenvalue weighted by Crippen LogP contribution is -2.30. The Morgan fingerprint density at radius 1 is 1.12 bits per heavy atom. The predicted molar refractivity (Wildman–Crippen MR) is 148 cm³/mol. The molecule has 2 N–H and O–H groups in total. The molecule has 13 heteroatoms. The molecule has 4 amide bonds. The molecule has 208 valence electrons. The number of halogens is 2. The molecule has 3 aromatic rings. The van der Waals surface area contributed by atoms with Gasteiger partial charge in [0.1, 0.15) is 17.3 Å². The lowest BCUT2D eigenvalue weighted by Gasteiger charge is -2.15. The normalized spacial score (nSPS) is 13.8. The van der Waals surface area contributed by atoms with E-state index in [1.54, 1.807) is 19.1 Å². The molecule has 0 bridgehead atoms. The zero-order valence-electron chi connectivity index (χ0n) is 21.3. The first-order valence-electron chi connectivity index (χ1n) is 11.8. The van der Waals surface area contributed by atoms with Gasteiger partial charge in [0.2, 0.25) is 5.76 Å². The summed E-state index contributed by atoms with van der Waals surface area (Å²) in [4.78, 5) is 50.3. The van der Waals surface area contributed by atoms with E-state index in [1.807, 2.05) is 22.6 Å². The summed E-state index contributed by atoms with van der Waals surface area (Å²) in [6, 6.07) is 10.9. The predicted octanol–water partition coefficient (Wildman–Crippen LogP) is 4.32. The van der Waals surface area contributed by atoms with Gasteiger partial charge in [-0.2, -0.15) is 0 Å². The number of carbonyl (C=O) groups is 4. The van der Waals surface area contributed by atoms with Crippen molar-refractivity contribution in [2.24, 2.45) is 0 Å². The number of anilines is 1. The van der Waals surface area contributed by atoms with Crippen molar-refractivity contribution in [1.82, 2.24) is 10.2 Å². The topological polar surface area (TPSA) is 136 Å². The molecule has 40 heavy (non-hydrogen) atoms. The van der Waals surface area contributed by atoms with Gasteiger partial charge in [0.15, 0.2) is 18.1 Å². The summed E-state index contributed by atoms with van der Waals surface area (Å²) in [7, 11) is 1.21. The number of hydrogen-bond acceptors (Lipinski definition) is 8. The van der Waals surface area contributed by atoms with Crippen LogP contribution < -0.4 is 20.1 Å². The van der Waals surface area contributed by atoms with Crippen molar-refractivity contribution >= 4 is 58.2 Å². The molecule has 0 saturated carbocycles. The molecule has 0 unspecified atom stereocenters. The Morgan fingerprint density at radius 3 is 2.58 bits per heavy atom. The maximum absolute atomic E-state index is 13.1. The summed E-state index contributed by atoms with van der Waals surface area (Å²) >= 11 is 2.01. The third kappa shape index (κ3) is 6.77. The van der Waals surface area contributed by atoms with Crippen LogP contribution in [0.2, 0.25) is 0 Å². The summed E-state index contributed by atoms with van der Waals surface area (Å²) in [5.74, 6) is -1.31. The minimum atomic E-state index is -0.676. The van der Waals surface area contributed by atoms with Crippen LogP contribution in [0.25, 0.3) is 6.08 Å². The van der Waals surface area contributed by atoms with E-state index < -0.39 is 29.6 Å². The van der Waals surface area contributed by atoms with Gasteiger partial charge >= 0.3 is 12.0 Å². The standard InChI is InChI=1S/C27H23FIN3O8/c1-3-38-22-12-15(10-19(29)24(22)39-14-23(33)30-17-6-4-16(28)5-7-17)11-20-25(34)32(27(36)31-20)13-18-8-9-21(40-18)26(35)37-2/h4-12H,3,13-14H2,1-2H3,(H,30,33)(H,31,36)/b20-11-. The number of urea groups is 1. The number of methoxy groups -OCH3 is 1. The molecule has 1 aliphatic heterocycles. The third-order valence-corrected chi connectivity index (χ3v) is 6.24. The Balaban J connectivity index is 1.47. The number of esters is 1. The summed E-state index contributed by atoms with van der Waals surface area (Å²) in [5.41, 5.74) is 0.979. The number of hydrogen-bond donors (Lipinski definition) is 2. The number of amides is 4.